The molecule has 136 heavy (non-hydrogen) atoms. The van der Waals surface area contributed by atoms with Gasteiger partial charge in [0.05, 0.1) is 71.2 Å². The van der Waals surface area contributed by atoms with E-state index in [4.69, 9.17) is 74.4 Å². The number of nitrogens with two attached hydrogens (primary N) is 4. The number of hydrogen-bond acceptors (Lipinski definition) is 21. The number of aryl methyl sites for hydroxylation is 8. The molecule has 4 aliphatic rings. The third kappa shape index (κ3) is 22.0. The summed E-state index contributed by atoms with van der Waals surface area (Å²) in [6.45, 7) is 0. The molecule has 17 N–H and O–H groups in total. The molecule has 680 valence electrons. The number of carbonyl (C=O) groups excluding carboxylic acids is 4. The van der Waals surface area contributed by atoms with Crippen molar-refractivity contribution in [2.45, 2.75) is 101 Å². The number of amides is 4. The molecule has 0 aliphatic heterocycles. The number of carbonyl (C=O) groups is 4. The Morgan fingerprint density at radius 3 is 0.809 bits per heavy atom. The smallest absolute Gasteiger partial charge is 0.229 e. The summed E-state index contributed by atoms with van der Waals surface area (Å²) in [6, 6.07) is 86.5. The van der Waals surface area contributed by atoms with E-state index in [1.54, 1.807) is 48.5 Å². The fourth-order valence-corrected chi connectivity index (χ4v) is 17.3. The van der Waals surface area contributed by atoms with Crippen molar-refractivity contribution in [1.29, 1.82) is 0 Å². The highest BCUT2D eigenvalue weighted by molar-refractivity contribution is 9.10. The fourth-order valence-electron chi connectivity index (χ4n) is 16.9. The minimum atomic E-state index is -1.08. The lowest BCUT2D eigenvalue weighted by Gasteiger charge is -2.23. The Hall–Kier alpha value is -15.6. The maximum atomic E-state index is 13.2. The first-order valence-corrected chi connectivity index (χ1v) is 45.4. The molecule has 4 amide bonds. The number of aliphatic hydroxyl groups is 4. The number of rotatable bonds is 20. The van der Waals surface area contributed by atoms with Gasteiger partial charge in [0, 0.05) is 54.5 Å². The number of halogens is 3. The Labute approximate surface area is 796 Å². The molecule has 16 aromatic rings. The molecule has 0 saturated carbocycles. The van der Waals surface area contributed by atoms with Gasteiger partial charge < -0.3 is 69.7 Å². The summed E-state index contributed by atoms with van der Waals surface area (Å²) < 4.78 is 14.2. The number of fused-ring (bicyclic) bond motifs is 12. The largest absolute Gasteiger partial charge is 0.508 e. The maximum Gasteiger partial charge on any atom is 0.229 e. The van der Waals surface area contributed by atoms with Crippen molar-refractivity contribution < 1.29 is 49.1 Å². The van der Waals surface area contributed by atoms with Crippen molar-refractivity contribution >= 4 is 97.2 Å². The van der Waals surface area contributed by atoms with Gasteiger partial charge in [-0.1, -0.05) is 222 Å². The van der Waals surface area contributed by atoms with Crippen LogP contribution in [0.1, 0.15) is 137 Å². The van der Waals surface area contributed by atoms with Crippen LogP contribution in [0.4, 0.5) is 50.4 Å². The van der Waals surface area contributed by atoms with E-state index in [0.29, 0.717) is 110 Å². The van der Waals surface area contributed by atoms with Crippen molar-refractivity contribution in [3.63, 3.8) is 0 Å². The SMILES string of the molecule is Nc1ccc2c(c1)CCc1nc(NC(=O)Cc3ccc(Br)cc3)c(C(O)c3ccccc3)nc1-2.Nc1ccc2c(c1)CCc1nc(NC(=O)Cc3ccc(Cl)cc3)c(C(O)c3ccccc3)nc1-2.Nc1ccc2c(c1)CCc1nc(NC(=O)Cc3ccc(F)cc3)c(C(O)c3ccccc3)nc1-2.Nc1ccc2c(c1)CCc1nc(NC(=O)Cc3ccc(O)cc3)c(C(O)c3ccccc3)nc1-2. The highest BCUT2D eigenvalue weighted by Crippen LogP contribution is 2.43. The van der Waals surface area contributed by atoms with Crippen molar-refractivity contribution in [2.75, 3.05) is 44.2 Å². The highest BCUT2D eigenvalue weighted by atomic mass is 79.9. The average Bonchev–Trinajstić information content (AvgIpc) is 0.775. The number of aromatic nitrogens is 8. The molecule has 4 heterocycles. The molecule has 4 unspecified atom stereocenters. The van der Waals surface area contributed by atoms with Crippen LogP contribution >= 0.6 is 27.5 Å². The number of phenolic OH excluding ortho intramolecular Hbond substituents is 1. The zero-order chi connectivity index (χ0) is 94.6. The number of nitrogen functional groups attached to an aromatic ring is 4. The molecule has 20 rings (SSSR count). The van der Waals surface area contributed by atoms with E-state index in [0.717, 1.165) is 120 Å². The normalized spacial score (nSPS) is 13.0. The summed E-state index contributed by atoms with van der Waals surface area (Å²) in [7, 11) is 0. The molecule has 0 bridgehead atoms. The van der Waals surface area contributed by atoms with Gasteiger partial charge in [0.2, 0.25) is 23.6 Å². The summed E-state index contributed by atoms with van der Waals surface area (Å²) in [6.07, 6.45) is 1.97. The summed E-state index contributed by atoms with van der Waals surface area (Å²) in [5.74, 6) is -0.274. The molecule has 28 heteroatoms. The van der Waals surface area contributed by atoms with Crippen LogP contribution in [-0.4, -0.2) is 89.0 Å². The Morgan fingerprint density at radius 2 is 0.551 bits per heavy atom. The van der Waals surface area contributed by atoms with E-state index in [-0.39, 0.29) is 95.5 Å². The van der Waals surface area contributed by atoms with E-state index < -0.39 is 24.4 Å². The minimum Gasteiger partial charge on any atom is -0.508 e. The third-order valence-electron chi connectivity index (χ3n) is 23.7. The Kier molecular flexibility index (Phi) is 28.3. The van der Waals surface area contributed by atoms with E-state index in [1.165, 1.54) is 24.3 Å². The van der Waals surface area contributed by atoms with Crippen LogP contribution < -0.4 is 44.2 Å². The number of benzene rings is 12. The summed E-state index contributed by atoms with van der Waals surface area (Å²) in [5, 5.41) is 66.4. The number of phenols is 1. The van der Waals surface area contributed by atoms with E-state index in [1.807, 2.05) is 218 Å². The van der Waals surface area contributed by atoms with Gasteiger partial charge in [-0.15, -0.1) is 0 Å². The van der Waals surface area contributed by atoms with E-state index >= 15 is 0 Å². The predicted molar refractivity (Wildman–Crippen MR) is 529 cm³/mol. The van der Waals surface area contributed by atoms with Crippen LogP contribution in [0.5, 0.6) is 5.75 Å². The molecule has 0 fully saturated rings. The van der Waals surface area contributed by atoms with E-state index in [2.05, 4.69) is 37.2 Å². The fraction of sp³-hybridized carbons (Fsp3) is 0.148. The first-order valence-electron chi connectivity index (χ1n) is 44.2. The number of aromatic hydroxyl groups is 1. The average molecular weight is 1890 g/mol. The standard InChI is InChI=1S/C27H23BrN4O2.C27H23ClN4O2.C27H23FN4O2.C27H24N4O3/c3*28-19-9-6-16(7-10-19)14-23(33)31-27-25(26(34)17-4-2-1-3-5-17)32-24-21-12-11-20(29)15-18(21)8-13-22(24)30-27;28-19-9-12-21-18(15-19)8-13-22-24(21)31-25(26(34)17-4-2-1-3-5-17)27(29-22)30-23(33)14-16-6-10-20(32)11-7-16/h3*1-7,9-12,15,26,34H,8,13-14,29H2,(H,30,31,33);1-7,9-12,15,26,32,34H,8,13-14,28H2,(H,29,30,33). The zero-order valence-corrected chi connectivity index (χ0v) is 75.7. The molecule has 25 nitrogen and oxygen atoms in total. The molecule has 4 aliphatic carbocycles. The lowest BCUT2D eigenvalue weighted by Crippen LogP contribution is -2.21. The first-order chi connectivity index (χ1) is 65.9. The Balaban J connectivity index is 0.000000126. The van der Waals surface area contributed by atoms with Crippen LogP contribution in [0.3, 0.4) is 0 Å². The molecular formula is C108H93BrClFN16O9. The third-order valence-corrected chi connectivity index (χ3v) is 24.5. The van der Waals surface area contributed by atoms with E-state index in [9.17, 15) is 49.1 Å². The van der Waals surface area contributed by atoms with Gasteiger partial charge in [0.1, 0.15) is 58.8 Å². The second-order valence-electron chi connectivity index (χ2n) is 33.4. The lowest BCUT2D eigenvalue weighted by molar-refractivity contribution is -0.116. The second-order valence-corrected chi connectivity index (χ2v) is 34.7. The molecule has 0 radical (unpaired) electrons. The van der Waals surface area contributed by atoms with Gasteiger partial charge >= 0.3 is 0 Å². The number of aliphatic hydroxyl groups excluding tert-OH is 4. The Morgan fingerprint density at radius 1 is 0.316 bits per heavy atom. The minimum absolute atomic E-state index is 0.0437. The summed E-state index contributed by atoms with van der Waals surface area (Å²) in [5.41, 5.74) is 47.6. The molecule has 0 spiro atoms. The number of hydrogen-bond donors (Lipinski definition) is 13. The Bertz CT molecular complexity index is 6280. The molecule has 12 aromatic carbocycles. The van der Waals surface area contributed by atoms with Gasteiger partial charge in [-0.25, -0.2) is 44.3 Å². The van der Waals surface area contributed by atoms with Crippen molar-refractivity contribution in [3.8, 4) is 50.8 Å². The number of nitrogens with zero attached hydrogens (tertiary/aromatic N) is 8. The number of anilines is 8. The summed E-state index contributed by atoms with van der Waals surface area (Å²) in [4.78, 5) is 89.8. The first kappa shape index (κ1) is 92.2. The lowest BCUT2D eigenvalue weighted by atomic mass is 9.91. The predicted octanol–water partition coefficient (Wildman–Crippen LogP) is 17.6. The topological polar surface area (TPSA) is 425 Å². The van der Waals surface area contributed by atoms with Crippen LogP contribution in [0, 0.1) is 5.82 Å². The van der Waals surface area contributed by atoms with Gasteiger partial charge in [-0.2, -0.15) is 0 Å². The number of nitrogens with one attached hydrogen (secondary N) is 4. The van der Waals surface area contributed by atoms with Crippen LogP contribution in [-0.2, 0) is 96.2 Å². The van der Waals surface area contributed by atoms with Gasteiger partial charge in [-0.3, -0.25) is 19.2 Å². The highest BCUT2D eigenvalue weighted by Gasteiger charge is 2.33. The van der Waals surface area contributed by atoms with Gasteiger partial charge in [0.15, 0.2) is 23.3 Å². The van der Waals surface area contributed by atoms with Crippen molar-refractivity contribution in [2.24, 2.45) is 0 Å². The summed E-state index contributed by atoms with van der Waals surface area (Å²) >= 11 is 9.36. The molecule has 4 atom stereocenters. The molecule has 4 aromatic heterocycles. The molecule has 0 saturated heterocycles. The van der Waals surface area contributed by atoms with Gasteiger partial charge in [-0.05, 0) is 215 Å². The van der Waals surface area contributed by atoms with Crippen LogP contribution in [0.15, 0.2) is 296 Å². The monoisotopic (exact) mass is 1890 g/mol. The van der Waals surface area contributed by atoms with Crippen molar-refractivity contribution in [1.82, 2.24) is 39.9 Å². The second kappa shape index (κ2) is 41.7. The molecular weight excluding hydrogens is 1800 g/mol. The quantitative estimate of drug-likeness (QED) is 0.0315. The van der Waals surface area contributed by atoms with Crippen molar-refractivity contribution in [3.05, 3.63) is 419 Å². The zero-order valence-electron chi connectivity index (χ0n) is 73.4. The van der Waals surface area contributed by atoms with Crippen LogP contribution in [0.25, 0.3) is 45.0 Å². The maximum absolute atomic E-state index is 13.2. The van der Waals surface area contributed by atoms with Crippen LogP contribution in [0.2, 0.25) is 5.02 Å². The van der Waals surface area contributed by atoms with Gasteiger partial charge in [0.25, 0.3) is 0 Å².